The fraction of sp³-hybridized carbons (Fsp3) is 0.385. The molecule has 1 aromatic heterocycles. The number of anilines is 1. The van der Waals surface area contributed by atoms with E-state index in [1.54, 1.807) is 6.07 Å². The van der Waals surface area contributed by atoms with Gasteiger partial charge in [0.15, 0.2) is 0 Å². The van der Waals surface area contributed by atoms with Gasteiger partial charge < -0.3 is 15.5 Å². The molecule has 0 bridgehead atoms. The molecule has 0 unspecified atom stereocenters. The first kappa shape index (κ1) is 15.1. The smallest absolute Gasteiger partial charge is 0.348 e. The molecule has 1 rings (SSSR count). The summed E-state index contributed by atoms with van der Waals surface area (Å²) in [7, 11) is 0. The highest BCUT2D eigenvalue weighted by molar-refractivity contribution is 7.15. The SMILES string of the molecule is CC(C)(C)C#Cc1cc(NCC(=O)O)c(C(=O)O)s1. The van der Waals surface area contributed by atoms with Crippen LogP contribution in [0.4, 0.5) is 5.69 Å². The van der Waals surface area contributed by atoms with Crippen molar-refractivity contribution in [1.29, 1.82) is 0 Å². The number of hydrogen-bond acceptors (Lipinski definition) is 4. The zero-order valence-electron chi connectivity index (χ0n) is 10.9. The van der Waals surface area contributed by atoms with Gasteiger partial charge in [-0.05, 0) is 26.8 Å². The molecule has 0 radical (unpaired) electrons. The van der Waals surface area contributed by atoms with Crippen LogP contribution in [-0.4, -0.2) is 28.7 Å². The summed E-state index contributed by atoms with van der Waals surface area (Å²) in [5, 5.41) is 20.2. The molecule has 0 aliphatic rings. The van der Waals surface area contributed by atoms with Crippen LogP contribution in [0.2, 0.25) is 0 Å². The van der Waals surface area contributed by atoms with Crippen molar-refractivity contribution < 1.29 is 19.8 Å². The Hall–Kier alpha value is -2.00. The van der Waals surface area contributed by atoms with Crippen molar-refractivity contribution in [1.82, 2.24) is 0 Å². The summed E-state index contributed by atoms with van der Waals surface area (Å²) in [5.74, 6) is 3.76. The van der Waals surface area contributed by atoms with Gasteiger partial charge in [0.2, 0.25) is 0 Å². The predicted octanol–water partition coefficient (Wildman–Crippen LogP) is 2.34. The fourth-order valence-electron chi connectivity index (χ4n) is 1.16. The van der Waals surface area contributed by atoms with Crippen LogP contribution in [0.25, 0.3) is 0 Å². The molecule has 0 atom stereocenters. The van der Waals surface area contributed by atoms with Gasteiger partial charge in [0.25, 0.3) is 0 Å². The molecule has 0 aliphatic carbocycles. The molecule has 6 heteroatoms. The Morgan fingerprint density at radius 1 is 1.37 bits per heavy atom. The van der Waals surface area contributed by atoms with Crippen molar-refractivity contribution in [2.75, 3.05) is 11.9 Å². The molecular formula is C13H15NO4S. The van der Waals surface area contributed by atoms with E-state index in [1.807, 2.05) is 20.8 Å². The molecule has 5 nitrogen and oxygen atoms in total. The summed E-state index contributed by atoms with van der Waals surface area (Å²) < 4.78 is 0. The highest BCUT2D eigenvalue weighted by Gasteiger charge is 2.15. The second kappa shape index (κ2) is 5.76. The van der Waals surface area contributed by atoms with Gasteiger partial charge in [-0.3, -0.25) is 4.79 Å². The lowest BCUT2D eigenvalue weighted by atomic mass is 9.98. The predicted molar refractivity (Wildman–Crippen MR) is 73.7 cm³/mol. The molecule has 0 saturated heterocycles. The zero-order chi connectivity index (χ0) is 14.6. The van der Waals surface area contributed by atoms with Crippen LogP contribution in [0.1, 0.15) is 35.3 Å². The summed E-state index contributed by atoms with van der Waals surface area (Å²) in [5.41, 5.74) is 0.111. The van der Waals surface area contributed by atoms with E-state index in [4.69, 9.17) is 10.2 Å². The van der Waals surface area contributed by atoms with E-state index in [0.29, 0.717) is 4.88 Å². The van der Waals surface area contributed by atoms with Crippen molar-refractivity contribution in [2.45, 2.75) is 20.8 Å². The maximum atomic E-state index is 11.1. The molecule has 0 amide bonds. The largest absolute Gasteiger partial charge is 0.480 e. The molecule has 0 fully saturated rings. The van der Waals surface area contributed by atoms with Crippen LogP contribution in [0.5, 0.6) is 0 Å². The maximum absolute atomic E-state index is 11.1. The molecule has 3 N–H and O–H groups in total. The van der Waals surface area contributed by atoms with E-state index >= 15 is 0 Å². The third-order valence-corrected chi connectivity index (χ3v) is 2.96. The first-order chi connectivity index (χ1) is 8.69. The summed E-state index contributed by atoms with van der Waals surface area (Å²) in [4.78, 5) is 22.2. The Morgan fingerprint density at radius 3 is 2.47 bits per heavy atom. The monoisotopic (exact) mass is 281 g/mol. The molecule has 1 heterocycles. The number of carboxylic acids is 2. The van der Waals surface area contributed by atoms with Crippen LogP contribution in [0.3, 0.4) is 0 Å². The number of aromatic carboxylic acids is 1. The average Bonchev–Trinajstić information content (AvgIpc) is 2.66. The molecule has 0 saturated carbocycles. The van der Waals surface area contributed by atoms with E-state index in [1.165, 1.54) is 0 Å². The van der Waals surface area contributed by atoms with E-state index in [-0.39, 0.29) is 22.5 Å². The third-order valence-electron chi connectivity index (χ3n) is 1.92. The number of rotatable bonds is 4. The molecule has 0 aromatic carbocycles. The zero-order valence-corrected chi connectivity index (χ0v) is 11.7. The topological polar surface area (TPSA) is 86.6 Å². The second-order valence-corrected chi connectivity index (χ2v) is 5.96. The molecule has 1 aromatic rings. The molecule has 19 heavy (non-hydrogen) atoms. The van der Waals surface area contributed by atoms with Crippen molar-refractivity contribution in [3.05, 3.63) is 15.8 Å². The number of nitrogens with one attached hydrogen (secondary N) is 1. The Balaban J connectivity index is 3.03. The third kappa shape index (κ3) is 5.02. The minimum atomic E-state index is -1.10. The fourth-order valence-corrected chi connectivity index (χ4v) is 1.99. The van der Waals surface area contributed by atoms with Crippen molar-refractivity contribution in [3.63, 3.8) is 0 Å². The second-order valence-electron chi connectivity index (χ2n) is 4.91. The van der Waals surface area contributed by atoms with Gasteiger partial charge in [-0.25, -0.2) is 4.79 Å². The van der Waals surface area contributed by atoms with Gasteiger partial charge in [0.1, 0.15) is 11.4 Å². The van der Waals surface area contributed by atoms with Crippen LogP contribution in [-0.2, 0) is 4.79 Å². The Kier molecular flexibility index (Phi) is 4.57. The lowest BCUT2D eigenvalue weighted by Gasteiger charge is -2.06. The lowest BCUT2D eigenvalue weighted by molar-refractivity contribution is -0.134. The minimum Gasteiger partial charge on any atom is -0.480 e. The van der Waals surface area contributed by atoms with Gasteiger partial charge in [-0.15, -0.1) is 11.3 Å². The standard InChI is InChI=1S/C13H15NO4S/c1-13(2,3)5-4-8-6-9(14-7-10(15)16)11(19-8)12(17)18/h6,14H,7H2,1-3H3,(H,15,16)(H,17,18). The van der Waals surface area contributed by atoms with E-state index in [0.717, 1.165) is 11.3 Å². The molecule has 0 aliphatic heterocycles. The lowest BCUT2D eigenvalue weighted by Crippen LogP contribution is -2.13. The number of thiophene rings is 1. The highest BCUT2D eigenvalue weighted by atomic mass is 32.1. The van der Waals surface area contributed by atoms with E-state index in [9.17, 15) is 9.59 Å². The summed E-state index contributed by atoms with van der Waals surface area (Å²) in [6, 6.07) is 1.57. The van der Waals surface area contributed by atoms with Crippen LogP contribution < -0.4 is 5.32 Å². The van der Waals surface area contributed by atoms with E-state index in [2.05, 4.69) is 17.2 Å². The Morgan fingerprint density at radius 2 is 2.00 bits per heavy atom. The molecular weight excluding hydrogens is 266 g/mol. The maximum Gasteiger partial charge on any atom is 0.348 e. The van der Waals surface area contributed by atoms with Gasteiger partial charge in [0.05, 0.1) is 10.6 Å². The number of carboxylic acid groups (broad SMARTS) is 2. The average molecular weight is 281 g/mol. The van der Waals surface area contributed by atoms with Crippen molar-refractivity contribution in [3.8, 4) is 11.8 Å². The summed E-state index contributed by atoms with van der Waals surface area (Å²) in [6.07, 6.45) is 0. The van der Waals surface area contributed by atoms with Crippen molar-refractivity contribution in [2.24, 2.45) is 5.41 Å². The summed E-state index contributed by atoms with van der Waals surface area (Å²) >= 11 is 1.03. The van der Waals surface area contributed by atoms with Gasteiger partial charge >= 0.3 is 11.9 Å². The van der Waals surface area contributed by atoms with Crippen LogP contribution in [0, 0.1) is 17.3 Å². The first-order valence-corrected chi connectivity index (χ1v) is 6.36. The minimum absolute atomic E-state index is 0.0689. The van der Waals surface area contributed by atoms with Crippen LogP contribution >= 0.6 is 11.3 Å². The van der Waals surface area contributed by atoms with Crippen molar-refractivity contribution >= 4 is 29.0 Å². The molecule has 102 valence electrons. The number of carbonyl (C=O) groups is 2. The number of hydrogen-bond donors (Lipinski definition) is 3. The Bertz CT molecular complexity index is 557. The normalized spacial score (nSPS) is 10.5. The summed E-state index contributed by atoms with van der Waals surface area (Å²) in [6.45, 7) is 5.53. The quantitative estimate of drug-likeness (QED) is 0.737. The highest BCUT2D eigenvalue weighted by Crippen LogP contribution is 2.27. The first-order valence-electron chi connectivity index (χ1n) is 5.55. The van der Waals surface area contributed by atoms with Gasteiger partial charge in [0, 0.05) is 5.41 Å². The van der Waals surface area contributed by atoms with Gasteiger partial charge in [-0.2, -0.15) is 0 Å². The Labute approximate surface area is 115 Å². The number of aliphatic carboxylic acids is 1. The van der Waals surface area contributed by atoms with Gasteiger partial charge in [-0.1, -0.05) is 11.8 Å². The van der Waals surface area contributed by atoms with E-state index < -0.39 is 11.9 Å². The molecule has 0 spiro atoms. The van der Waals surface area contributed by atoms with Crippen LogP contribution in [0.15, 0.2) is 6.07 Å².